The molecule has 0 radical (unpaired) electrons. The van der Waals surface area contributed by atoms with E-state index in [9.17, 15) is 4.79 Å². The van der Waals surface area contributed by atoms with E-state index in [2.05, 4.69) is 13.0 Å². The highest BCUT2D eigenvalue weighted by Crippen LogP contribution is 2.35. The van der Waals surface area contributed by atoms with Crippen LogP contribution in [-0.2, 0) is 4.79 Å². The van der Waals surface area contributed by atoms with Crippen molar-refractivity contribution in [2.24, 2.45) is 0 Å². The molecule has 3 rings (SSSR count). The van der Waals surface area contributed by atoms with E-state index in [4.69, 9.17) is 17.0 Å². The number of ether oxygens (including phenoxy) is 1. The highest BCUT2D eigenvalue weighted by atomic mass is 32.2. The third-order valence-electron chi connectivity index (χ3n) is 4.42. The monoisotopic (exact) mass is 373 g/mol. The van der Waals surface area contributed by atoms with E-state index >= 15 is 0 Å². The summed E-state index contributed by atoms with van der Waals surface area (Å²) >= 11 is 6.80. The fourth-order valence-corrected chi connectivity index (χ4v) is 4.27. The van der Waals surface area contributed by atoms with Crippen molar-refractivity contribution < 1.29 is 9.53 Å². The molecule has 1 atom stereocenters. The number of unbranched alkanes of at least 4 members (excludes halogenated alkanes) is 3. The lowest BCUT2D eigenvalue weighted by Gasteiger charge is -2.23. The summed E-state index contributed by atoms with van der Waals surface area (Å²) < 4.78 is 6.62. The number of benzene rings is 1. The molecule has 1 fully saturated rings. The number of hydrogen-bond acceptors (Lipinski definition) is 4. The molecule has 0 saturated carbocycles. The average molecular weight is 374 g/mol. The maximum Gasteiger partial charge on any atom is 0.266 e. The normalized spacial score (nSPS) is 21.4. The number of rotatable bonds is 6. The number of thiocarbonyl (C=S) groups is 1. The molecule has 0 spiro atoms. The van der Waals surface area contributed by atoms with E-state index in [1.54, 1.807) is 4.90 Å². The van der Waals surface area contributed by atoms with Crippen LogP contribution in [0.5, 0.6) is 5.75 Å². The van der Waals surface area contributed by atoms with Crippen LogP contribution in [0, 0.1) is 0 Å². The molecule has 2 aliphatic rings. The summed E-state index contributed by atoms with van der Waals surface area (Å²) in [5, 5.41) is 0. The van der Waals surface area contributed by atoms with Crippen LogP contribution in [0.2, 0.25) is 0 Å². The van der Waals surface area contributed by atoms with Crippen LogP contribution in [0.15, 0.2) is 40.8 Å². The van der Waals surface area contributed by atoms with Crippen LogP contribution in [-0.4, -0.2) is 27.8 Å². The molecule has 1 saturated heterocycles. The van der Waals surface area contributed by atoms with E-state index in [0.29, 0.717) is 9.23 Å². The standard InChI is InChI=1S/C20H23NO2S2/c1-3-4-5-8-11-21-19(22)18(25-20(21)24)13-16-12-15-9-6-7-10-17(15)23-14(16)2/h6-7,9-10,12-14H,3-5,8,11H2,1-2H3/b18-13+. The zero-order chi connectivity index (χ0) is 17.8. The number of fused-ring (bicyclic) bond motifs is 1. The van der Waals surface area contributed by atoms with Crippen LogP contribution in [0.1, 0.15) is 45.1 Å². The lowest BCUT2D eigenvalue weighted by atomic mass is 10.0. The molecule has 0 aromatic heterocycles. The van der Waals surface area contributed by atoms with Crippen molar-refractivity contribution >= 4 is 40.3 Å². The Bertz CT molecular complexity index is 739. The van der Waals surface area contributed by atoms with E-state index < -0.39 is 0 Å². The van der Waals surface area contributed by atoms with Gasteiger partial charge in [0.15, 0.2) is 0 Å². The van der Waals surface area contributed by atoms with E-state index in [1.165, 1.54) is 24.6 Å². The van der Waals surface area contributed by atoms with Gasteiger partial charge in [0.2, 0.25) is 0 Å². The van der Waals surface area contributed by atoms with E-state index in [1.807, 2.05) is 37.3 Å². The number of carbonyl (C=O) groups is 1. The molecule has 25 heavy (non-hydrogen) atoms. The first-order chi connectivity index (χ1) is 12.1. The van der Waals surface area contributed by atoms with Gasteiger partial charge in [0.25, 0.3) is 5.91 Å². The van der Waals surface area contributed by atoms with Crippen molar-refractivity contribution in [1.82, 2.24) is 4.90 Å². The predicted octanol–water partition coefficient (Wildman–Crippen LogP) is 5.18. The molecule has 0 aliphatic carbocycles. The Kier molecular flexibility index (Phi) is 5.97. The zero-order valence-corrected chi connectivity index (χ0v) is 16.3. The van der Waals surface area contributed by atoms with Gasteiger partial charge in [0, 0.05) is 12.1 Å². The topological polar surface area (TPSA) is 29.5 Å². The largest absolute Gasteiger partial charge is 0.485 e. The summed E-state index contributed by atoms with van der Waals surface area (Å²) in [5.41, 5.74) is 2.05. The minimum atomic E-state index is -0.0806. The highest BCUT2D eigenvalue weighted by Gasteiger charge is 2.32. The second-order valence-corrected chi connectivity index (χ2v) is 8.01. The molecule has 0 N–H and O–H groups in total. The van der Waals surface area contributed by atoms with Gasteiger partial charge in [-0.1, -0.05) is 68.4 Å². The van der Waals surface area contributed by atoms with Gasteiger partial charge in [0.1, 0.15) is 16.2 Å². The van der Waals surface area contributed by atoms with Crippen molar-refractivity contribution in [3.8, 4) is 5.75 Å². The van der Waals surface area contributed by atoms with E-state index in [0.717, 1.165) is 36.3 Å². The van der Waals surface area contributed by atoms with Gasteiger partial charge in [-0.2, -0.15) is 0 Å². The zero-order valence-electron chi connectivity index (χ0n) is 14.7. The summed E-state index contributed by atoms with van der Waals surface area (Å²) in [6.07, 6.45) is 8.48. The average Bonchev–Trinajstić information content (AvgIpc) is 2.86. The number of hydrogen-bond donors (Lipinski definition) is 0. The van der Waals surface area contributed by atoms with Gasteiger partial charge >= 0.3 is 0 Å². The Morgan fingerprint density at radius 1 is 1.28 bits per heavy atom. The molecule has 5 heteroatoms. The molecule has 1 amide bonds. The molecule has 1 unspecified atom stereocenters. The van der Waals surface area contributed by atoms with Crippen molar-refractivity contribution in [3.05, 3.63) is 46.4 Å². The smallest absolute Gasteiger partial charge is 0.266 e. The maximum atomic E-state index is 12.7. The maximum absolute atomic E-state index is 12.7. The fraction of sp³-hybridized carbons (Fsp3) is 0.400. The first-order valence-corrected chi connectivity index (χ1v) is 10.0. The van der Waals surface area contributed by atoms with Crippen molar-refractivity contribution in [2.75, 3.05) is 6.54 Å². The molecule has 132 valence electrons. The van der Waals surface area contributed by atoms with Gasteiger partial charge in [-0.3, -0.25) is 9.69 Å². The fourth-order valence-electron chi connectivity index (χ4n) is 2.96. The molecule has 1 aromatic carbocycles. The molecule has 1 aromatic rings. The van der Waals surface area contributed by atoms with Crippen LogP contribution < -0.4 is 4.74 Å². The van der Waals surface area contributed by atoms with Crippen molar-refractivity contribution in [1.29, 1.82) is 0 Å². The quantitative estimate of drug-likeness (QED) is 0.391. The SMILES string of the molecule is CCCCCCN1C(=O)/C(=C\C2=Cc3ccccc3OC2C)SC1=S. The van der Waals surface area contributed by atoms with Crippen LogP contribution >= 0.6 is 24.0 Å². The van der Waals surface area contributed by atoms with Gasteiger partial charge in [-0.05, 0) is 37.1 Å². The summed E-state index contributed by atoms with van der Waals surface area (Å²) in [6, 6.07) is 7.94. The lowest BCUT2D eigenvalue weighted by molar-refractivity contribution is -0.122. The lowest BCUT2D eigenvalue weighted by Crippen LogP contribution is -2.29. The number of carbonyl (C=O) groups excluding carboxylic acids is 1. The third kappa shape index (κ3) is 4.15. The Balaban J connectivity index is 1.74. The second kappa shape index (κ2) is 8.19. The Morgan fingerprint density at radius 2 is 2.08 bits per heavy atom. The second-order valence-electron chi connectivity index (χ2n) is 6.34. The Labute approximate surface area is 159 Å². The third-order valence-corrected chi connectivity index (χ3v) is 5.80. The van der Waals surface area contributed by atoms with Gasteiger partial charge in [0.05, 0.1) is 4.91 Å². The predicted molar refractivity (Wildman–Crippen MR) is 109 cm³/mol. The van der Waals surface area contributed by atoms with Crippen LogP contribution in [0.3, 0.4) is 0 Å². The minimum Gasteiger partial charge on any atom is -0.485 e. The van der Waals surface area contributed by atoms with Gasteiger partial charge in [-0.25, -0.2) is 0 Å². The molecular weight excluding hydrogens is 350 g/mol. The molecule has 0 bridgehead atoms. The number of amides is 1. The number of thioether (sulfide) groups is 1. The molecule has 2 aliphatic heterocycles. The van der Waals surface area contributed by atoms with E-state index in [-0.39, 0.29) is 12.0 Å². The highest BCUT2D eigenvalue weighted by molar-refractivity contribution is 8.26. The first-order valence-electron chi connectivity index (χ1n) is 8.82. The summed E-state index contributed by atoms with van der Waals surface area (Å²) in [5.74, 6) is 0.911. The van der Waals surface area contributed by atoms with Crippen molar-refractivity contribution in [3.63, 3.8) is 0 Å². The van der Waals surface area contributed by atoms with Crippen molar-refractivity contribution in [2.45, 2.75) is 45.6 Å². The molecule has 3 nitrogen and oxygen atoms in total. The summed E-state index contributed by atoms with van der Waals surface area (Å²) in [4.78, 5) is 15.1. The summed E-state index contributed by atoms with van der Waals surface area (Å²) in [6.45, 7) is 4.90. The molecular formula is C20H23NO2S2. The van der Waals surface area contributed by atoms with Crippen LogP contribution in [0.25, 0.3) is 6.08 Å². The van der Waals surface area contributed by atoms with Gasteiger partial charge < -0.3 is 4.74 Å². The number of nitrogens with zero attached hydrogens (tertiary/aromatic N) is 1. The first kappa shape index (κ1) is 18.2. The Hall–Kier alpha value is -1.59. The minimum absolute atomic E-state index is 0.0263. The molecule has 2 heterocycles. The Morgan fingerprint density at radius 3 is 2.88 bits per heavy atom. The van der Waals surface area contributed by atoms with Crippen LogP contribution in [0.4, 0.5) is 0 Å². The summed E-state index contributed by atoms with van der Waals surface area (Å²) in [7, 11) is 0. The van der Waals surface area contributed by atoms with Gasteiger partial charge in [-0.15, -0.1) is 0 Å². The number of para-hydroxylation sites is 1.